The van der Waals surface area contributed by atoms with Gasteiger partial charge in [-0.1, -0.05) is 24.3 Å². The first kappa shape index (κ1) is 19.5. The number of aryl methyl sites for hydroxylation is 2. The predicted octanol–water partition coefficient (Wildman–Crippen LogP) is 3.76. The van der Waals surface area contributed by atoms with Crippen LogP contribution in [0, 0.1) is 13.8 Å². The van der Waals surface area contributed by atoms with Crippen LogP contribution in [0.2, 0.25) is 0 Å². The van der Waals surface area contributed by atoms with Crippen LogP contribution in [0.1, 0.15) is 36.0 Å². The zero-order valence-corrected chi connectivity index (χ0v) is 17.2. The molecule has 3 heterocycles. The largest absolute Gasteiger partial charge is 0.309 e. The van der Waals surface area contributed by atoms with Crippen molar-refractivity contribution in [2.24, 2.45) is 0 Å². The summed E-state index contributed by atoms with van der Waals surface area (Å²) in [5.74, 6) is 1.07. The third-order valence-corrected chi connectivity index (χ3v) is 6.81. The summed E-state index contributed by atoms with van der Waals surface area (Å²) < 4.78 is 27.8. The molecule has 8 heteroatoms. The second kappa shape index (κ2) is 7.88. The summed E-state index contributed by atoms with van der Waals surface area (Å²) in [6.07, 6.45) is 1.54. The van der Waals surface area contributed by atoms with E-state index >= 15 is 0 Å². The average Bonchev–Trinajstić information content (AvgIpc) is 3.19. The molecule has 1 atom stereocenters. The highest BCUT2D eigenvalue weighted by atomic mass is 32.2. The van der Waals surface area contributed by atoms with E-state index in [1.54, 1.807) is 28.6 Å². The Kier molecular flexibility index (Phi) is 5.29. The van der Waals surface area contributed by atoms with Crippen molar-refractivity contribution in [3.05, 3.63) is 71.7 Å². The Labute approximate surface area is 170 Å². The van der Waals surface area contributed by atoms with Crippen LogP contribution in [0.25, 0.3) is 0 Å². The minimum absolute atomic E-state index is 0.290. The van der Waals surface area contributed by atoms with Gasteiger partial charge in [-0.05, 0) is 57.0 Å². The molecular weight excluding hydrogens is 386 g/mol. The van der Waals surface area contributed by atoms with E-state index in [1.807, 2.05) is 44.2 Å². The van der Waals surface area contributed by atoms with Gasteiger partial charge in [0.25, 0.3) is 0 Å². The van der Waals surface area contributed by atoms with Crippen LogP contribution in [0.5, 0.6) is 0 Å². The van der Waals surface area contributed by atoms with Crippen molar-refractivity contribution in [3.63, 3.8) is 0 Å². The minimum Gasteiger partial charge on any atom is -0.309 e. The van der Waals surface area contributed by atoms with E-state index in [0.29, 0.717) is 23.2 Å². The number of anilines is 2. The number of pyridine rings is 1. The number of hydrogen-bond acceptors (Lipinski definition) is 6. The minimum atomic E-state index is -3.57. The van der Waals surface area contributed by atoms with Gasteiger partial charge in [0.15, 0.2) is 0 Å². The summed E-state index contributed by atoms with van der Waals surface area (Å²) in [5.41, 5.74) is 2.45. The lowest BCUT2D eigenvalue weighted by atomic mass is 10.1. The molecular formula is C21H23N5O2S. The maximum Gasteiger partial charge on any atom is 0.243 e. The van der Waals surface area contributed by atoms with Gasteiger partial charge in [-0.3, -0.25) is 0 Å². The van der Waals surface area contributed by atoms with Crippen molar-refractivity contribution in [1.82, 2.24) is 19.3 Å². The molecule has 0 aliphatic carbocycles. The van der Waals surface area contributed by atoms with Crippen LogP contribution in [0.15, 0.2) is 59.5 Å². The highest BCUT2D eigenvalue weighted by Crippen LogP contribution is 2.36. The molecule has 2 aromatic heterocycles. The fraction of sp³-hybridized carbons (Fsp3) is 0.286. The third kappa shape index (κ3) is 4.13. The topological polar surface area (TPSA) is 88.1 Å². The third-order valence-electron chi connectivity index (χ3n) is 4.89. The van der Waals surface area contributed by atoms with E-state index in [4.69, 9.17) is 0 Å². The number of nitrogens with zero attached hydrogens (tertiary/aromatic N) is 4. The summed E-state index contributed by atoms with van der Waals surface area (Å²) in [6.45, 7) is 4.31. The maximum atomic E-state index is 13.1. The molecule has 7 nitrogen and oxygen atoms in total. The molecule has 1 saturated heterocycles. The van der Waals surface area contributed by atoms with Gasteiger partial charge in [0.2, 0.25) is 16.0 Å². The summed E-state index contributed by atoms with van der Waals surface area (Å²) >= 11 is 0. The van der Waals surface area contributed by atoms with Gasteiger partial charge in [0.05, 0.1) is 16.6 Å². The van der Waals surface area contributed by atoms with Crippen LogP contribution < -0.4 is 5.32 Å². The summed E-state index contributed by atoms with van der Waals surface area (Å²) in [6, 6.07) is 15.7. The first-order valence-electron chi connectivity index (χ1n) is 9.57. The average molecular weight is 410 g/mol. The lowest BCUT2D eigenvalue weighted by molar-refractivity contribution is 0.391. The van der Waals surface area contributed by atoms with E-state index in [-0.39, 0.29) is 6.04 Å². The Morgan fingerprint density at radius 3 is 2.41 bits per heavy atom. The maximum absolute atomic E-state index is 13.1. The van der Waals surface area contributed by atoms with E-state index in [2.05, 4.69) is 20.3 Å². The first-order valence-corrected chi connectivity index (χ1v) is 11.0. The molecule has 1 aromatic carbocycles. The molecule has 1 aliphatic rings. The summed E-state index contributed by atoms with van der Waals surface area (Å²) in [4.78, 5) is 13.7. The monoisotopic (exact) mass is 409 g/mol. The number of aromatic nitrogens is 3. The fourth-order valence-electron chi connectivity index (χ4n) is 3.65. The zero-order valence-electron chi connectivity index (χ0n) is 16.4. The van der Waals surface area contributed by atoms with E-state index in [1.165, 1.54) is 0 Å². The predicted molar refractivity (Wildman–Crippen MR) is 111 cm³/mol. The Morgan fingerprint density at radius 1 is 0.966 bits per heavy atom. The quantitative estimate of drug-likeness (QED) is 0.690. The second-order valence-corrected chi connectivity index (χ2v) is 9.02. The van der Waals surface area contributed by atoms with E-state index in [9.17, 15) is 8.42 Å². The highest BCUT2D eigenvalue weighted by Gasteiger charge is 2.36. The molecule has 1 N–H and O–H groups in total. The molecule has 3 aromatic rings. The SMILES string of the molecule is Cc1cc(C)nc(Nc2cccc(C3CCCN3S(=O)(=O)c3ccccc3)n2)n1. The standard InChI is InChI=1S/C21H23N5O2S/c1-15-14-16(2)23-21(22-15)25-20-12-6-10-18(24-20)19-11-7-13-26(19)29(27,28)17-8-4-3-5-9-17/h3-6,8-10,12,14,19H,7,11,13H2,1-2H3,(H,22,23,24,25). The van der Waals surface area contributed by atoms with Gasteiger partial charge in [-0.2, -0.15) is 4.31 Å². The summed E-state index contributed by atoms with van der Waals surface area (Å²) in [5, 5.41) is 3.13. The van der Waals surface area contributed by atoms with Crippen molar-refractivity contribution in [2.45, 2.75) is 37.6 Å². The molecule has 1 aliphatic heterocycles. The van der Waals surface area contributed by atoms with Gasteiger partial charge in [0.1, 0.15) is 5.82 Å². The molecule has 0 amide bonds. The lowest BCUT2D eigenvalue weighted by Crippen LogP contribution is -2.31. The Balaban J connectivity index is 1.62. The van der Waals surface area contributed by atoms with Crippen LogP contribution >= 0.6 is 0 Å². The van der Waals surface area contributed by atoms with Crippen LogP contribution in [0.3, 0.4) is 0 Å². The number of sulfonamides is 1. The molecule has 4 rings (SSSR count). The van der Waals surface area contributed by atoms with Gasteiger partial charge in [0, 0.05) is 17.9 Å². The Hall–Kier alpha value is -2.84. The van der Waals surface area contributed by atoms with Crippen molar-refractivity contribution < 1.29 is 8.42 Å². The molecule has 0 bridgehead atoms. The van der Waals surface area contributed by atoms with Gasteiger partial charge in [-0.25, -0.2) is 23.4 Å². The Morgan fingerprint density at radius 2 is 1.69 bits per heavy atom. The molecule has 1 unspecified atom stereocenters. The Bertz CT molecular complexity index is 1100. The smallest absolute Gasteiger partial charge is 0.243 e. The van der Waals surface area contributed by atoms with Crippen molar-refractivity contribution in [2.75, 3.05) is 11.9 Å². The number of benzene rings is 1. The van der Waals surface area contributed by atoms with Crippen molar-refractivity contribution in [1.29, 1.82) is 0 Å². The van der Waals surface area contributed by atoms with Gasteiger partial charge < -0.3 is 5.32 Å². The molecule has 0 spiro atoms. The zero-order chi connectivity index (χ0) is 20.4. The van der Waals surface area contributed by atoms with Crippen molar-refractivity contribution >= 4 is 21.8 Å². The second-order valence-electron chi connectivity index (χ2n) is 7.13. The van der Waals surface area contributed by atoms with Crippen LogP contribution in [-0.2, 0) is 10.0 Å². The van der Waals surface area contributed by atoms with Gasteiger partial charge in [-0.15, -0.1) is 0 Å². The van der Waals surface area contributed by atoms with Crippen LogP contribution in [-0.4, -0.2) is 34.2 Å². The lowest BCUT2D eigenvalue weighted by Gasteiger charge is -2.24. The van der Waals surface area contributed by atoms with Gasteiger partial charge >= 0.3 is 0 Å². The molecule has 0 radical (unpaired) electrons. The molecule has 0 saturated carbocycles. The van der Waals surface area contributed by atoms with E-state index < -0.39 is 10.0 Å². The molecule has 150 valence electrons. The number of hydrogen-bond donors (Lipinski definition) is 1. The number of nitrogens with one attached hydrogen (secondary N) is 1. The fourth-order valence-corrected chi connectivity index (χ4v) is 5.34. The molecule has 1 fully saturated rings. The van der Waals surface area contributed by atoms with Crippen molar-refractivity contribution in [3.8, 4) is 0 Å². The first-order chi connectivity index (χ1) is 13.9. The summed E-state index contributed by atoms with van der Waals surface area (Å²) in [7, 11) is -3.57. The van der Waals surface area contributed by atoms with E-state index in [0.717, 1.165) is 29.9 Å². The normalized spacial score (nSPS) is 17.4. The number of rotatable bonds is 5. The molecule has 29 heavy (non-hydrogen) atoms. The highest BCUT2D eigenvalue weighted by molar-refractivity contribution is 7.89. The van der Waals surface area contributed by atoms with Crippen LogP contribution in [0.4, 0.5) is 11.8 Å².